The Bertz CT molecular complexity index is 416. The van der Waals surface area contributed by atoms with Gasteiger partial charge in [0.1, 0.15) is 11.4 Å². The maximum atomic E-state index is 13.5. The van der Waals surface area contributed by atoms with Crippen LogP contribution in [0, 0.1) is 12.7 Å². The summed E-state index contributed by atoms with van der Waals surface area (Å²) in [6, 6.07) is 5.23. The van der Waals surface area contributed by atoms with Crippen LogP contribution in [0.15, 0.2) is 18.2 Å². The van der Waals surface area contributed by atoms with E-state index in [0.717, 1.165) is 5.56 Å². The van der Waals surface area contributed by atoms with Crippen LogP contribution in [-0.4, -0.2) is 30.5 Å². The molecule has 1 fully saturated rings. The average Bonchev–Trinajstić information content (AvgIpc) is 2.77. The SMILES string of the molecule is Cc1ccc(C(C)NCC2(O)CCOC2)cc1F. The molecule has 2 N–H and O–H groups in total. The van der Waals surface area contributed by atoms with Gasteiger partial charge in [0.05, 0.1) is 6.61 Å². The van der Waals surface area contributed by atoms with Gasteiger partial charge >= 0.3 is 0 Å². The van der Waals surface area contributed by atoms with Crippen LogP contribution >= 0.6 is 0 Å². The molecule has 1 heterocycles. The number of aryl methyl sites for hydroxylation is 1. The topological polar surface area (TPSA) is 41.5 Å². The van der Waals surface area contributed by atoms with E-state index in [4.69, 9.17) is 4.74 Å². The average molecular weight is 253 g/mol. The molecule has 0 amide bonds. The quantitative estimate of drug-likeness (QED) is 0.861. The molecule has 0 radical (unpaired) electrons. The number of ether oxygens (including phenoxy) is 1. The molecule has 1 aromatic rings. The zero-order valence-corrected chi connectivity index (χ0v) is 10.9. The molecule has 1 saturated heterocycles. The molecule has 2 atom stereocenters. The fraction of sp³-hybridized carbons (Fsp3) is 0.571. The van der Waals surface area contributed by atoms with Gasteiger partial charge in [0.25, 0.3) is 0 Å². The van der Waals surface area contributed by atoms with Gasteiger partial charge in [-0.15, -0.1) is 0 Å². The van der Waals surface area contributed by atoms with E-state index in [9.17, 15) is 9.50 Å². The summed E-state index contributed by atoms with van der Waals surface area (Å²) in [5, 5.41) is 13.4. The van der Waals surface area contributed by atoms with Crippen LogP contribution in [0.5, 0.6) is 0 Å². The van der Waals surface area contributed by atoms with Crippen molar-refractivity contribution in [1.82, 2.24) is 5.32 Å². The summed E-state index contributed by atoms with van der Waals surface area (Å²) in [4.78, 5) is 0. The highest BCUT2D eigenvalue weighted by Gasteiger charge is 2.32. The van der Waals surface area contributed by atoms with E-state index < -0.39 is 5.60 Å². The third-order valence-corrected chi connectivity index (χ3v) is 3.52. The molecule has 18 heavy (non-hydrogen) atoms. The molecule has 0 aliphatic carbocycles. The van der Waals surface area contributed by atoms with E-state index >= 15 is 0 Å². The van der Waals surface area contributed by atoms with Gasteiger partial charge in [-0.3, -0.25) is 0 Å². The molecule has 1 aromatic carbocycles. The highest BCUT2D eigenvalue weighted by Crippen LogP contribution is 2.20. The number of aliphatic hydroxyl groups is 1. The van der Waals surface area contributed by atoms with Crippen LogP contribution in [0.4, 0.5) is 4.39 Å². The number of hydrogen-bond donors (Lipinski definition) is 2. The first kappa shape index (κ1) is 13.5. The number of rotatable bonds is 4. The predicted molar refractivity (Wildman–Crippen MR) is 67.9 cm³/mol. The normalized spacial score (nSPS) is 25.3. The van der Waals surface area contributed by atoms with Gasteiger partial charge in [0, 0.05) is 25.6 Å². The summed E-state index contributed by atoms with van der Waals surface area (Å²) in [6.07, 6.45) is 0.648. The van der Waals surface area contributed by atoms with Crippen LogP contribution in [0.1, 0.15) is 30.5 Å². The zero-order chi connectivity index (χ0) is 13.2. The van der Waals surface area contributed by atoms with Gasteiger partial charge in [-0.1, -0.05) is 12.1 Å². The van der Waals surface area contributed by atoms with Crippen LogP contribution in [0.25, 0.3) is 0 Å². The molecule has 0 aromatic heterocycles. The summed E-state index contributed by atoms with van der Waals surface area (Å²) < 4.78 is 18.6. The Kier molecular flexibility index (Phi) is 4.00. The summed E-state index contributed by atoms with van der Waals surface area (Å²) in [6.45, 7) is 5.14. The molecular weight excluding hydrogens is 233 g/mol. The van der Waals surface area contributed by atoms with Gasteiger partial charge in [-0.25, -0.2) is 4.39 Å². The third-order valence-electron chi connectivity index (χ3n) is 3.52. The van der Waals surface area contributed by atoms with Gasteiger partial charge in [-0.05, 0) is 31.0 Å². The third kappa shape index (κ3) is 3.07. The summed E-state index contributed by atoms with van der Waals surface area (Å²) in [5.41, 5.74) is 0.756. The Balaban J connectivity index is 1.94. The van der Waals surface area contributed by atoms with Crippen molar-refractivity contribution in [2.45, 2.75) is 31.9 Å². The molecule has 100 valence electrons. The summed E-state index contributed by atoms with van der Waals surface area (Å²) >= 11 is 0. The van der Waals surface area contributed by atoms with Gasteiger partial charge in [0.15, 0.2) is 0 Å². The minimum Gasteiger partial charge on any atom is -0.386 e. The smallest absolute Gasteiger partial charge is 0.126 e. The summed E-state index contributed by atoms with van der Waals surface area (Å²) in [5.74, 6) is -0.191. The van der Waals surface area contributed by atoms with Crippen molar-refractivity contribution in [1.29, 1.82) is 0 Å². The molecule has 0 saturated carbocycles. The second kappa shape index (κ2) is 5.34. The lowest BCUT2D eigenvalue weighted by atomic mass is 10.0. The Morgan fingerprint density at radius 3 is 2.94 bits per heavy atom. The van der Waals surface area contributed by atoms with Crippen molar-refractivity contribution in [2.75, 3.05) is 19.8 Å². The second-order valence-electron chi connectivity index (χ2n) is 5.14. The lowest BCUT2D eigenvalue weighted by molar-refractivity contribution is 0.0252. The molecule has 4 heteroatoms. The zero-order valence-electron chi connectivity index (χ0n) is 10.9. The monoisotopic (exact) mass is 253 g/mol. The molecular formula is C14H20FNO2. The van der Waals surface area contributed by atoms with E-state index in [-0.39, 0.29) is 11.9 Å². The Morgan fingerprint density at radius 2 is 2.33 bits per heavy atom. The number of benzene rings is 1. The lowest BCUT2D eigenvalue weighted by Gasteiger charge is -2.24. The number of nitrogens with one attached hydrogen (secondary N) is 1. The first-order chi connectivity index (χ1) is 8.50. The van der Waals surface area contributed by atoms with Gasteiger partial charge in [0.2, 0.25) is 0 Å². The maximum Gasteiger partial charge on any atom is 0.126 e. The van der Waals surface area contributed by atoms with Crippen molar-refractivity contribution in [3.63, 3.8) is 0 Å². The Labute approximate surface area is 107 Å². The lowest BCUT2D eigenvalue weighted by Crippen LogP contribution is -2.41. The van der Waals surface area contributed by atoms with Gasteiger partial charge < -0.3 is 15.2 Å². The van der Waals surface area contributed by atoms with Gasteiger partial charge in [-0.2, -0.15) is 0 Å². The van der Waals surface area contributed by atoms with Crippen molar-refractivity contribution >= 4 is 0 Å². The van der Waals surface area contributed by atoms with Crippen molar-refractivity contribution < 1.29 is 14.2 Å². The maximum absolute atomic E-state index is 13.5. The fourth-order valence-corrected chi connectivity index (χ4v) is 2.08. The van der Waals surface area contributed by atoms with E-state index in [0.29, 0.717) is 31.7 Å². The highest BCUT2D eigenvalue weighted by molar-refractivity contribution is 5.25. The van der Waals surface area contributed by atoms with Crippen molar-refractivity contribution in [3.8, 4) is 0 Å². The van der Waals surface area contributed by atoms with Crippen LogP contribution < -0.4 is 5.32 Å². The van der Waals surface area contributed by atoms with E-state index in [2.05, 4.69) is 5.32 Å². The van der Waals surface area contributed by atoms with Crippen LogP contribution in [-0.2, 0) is 4.74 Å². The van der Waals surface area contributed by atoms with E-state index in [1.54, 1.807) is 19.1 Å². The minimum absolute atomic E-state index is 0.00437. The first-order valence-corrected chi connectivity index (χ1v) is 6.30. The standard InChI is InChI=1S/C14H20FNO2/c1-10-3-4-12(7-13(10)15)11(2)16-8-14(17)5-6-18-9-14/h3-4,7,11,16-17H,5-6,8-9H2,1-2H3. The molecule has 0 bridgehead atoms. The first-order valence-electron chi connectivity index (χ1n) is 6.30. The molecule has 1 aliphatic heterocycles. The number of halogens is 1. The Hall–Kier alpha value is -0.970. The molecule has 1 aliphatic rings. The van der Waals surface area contributed by atoms with E-state index in [1.807, 2.05) is 13.0 Å². The minimum atomic E-state index is -0.780. The molecule has 2 unspecified atom stereocenters. The fourth-order valence-electron chi connectivity index (χ4n) is 2.08. The molecule has 2 rings (SSSR count). The predicted octanol–water partition coefficient (Wildman–Crippen LogP) is 1.94. The molecule has 0 spiro atoms. The van der Waals surface area contributed by atoms with E-state index in [1.165, 1.54) is 0 Å². The second-order valence-corrected chi connectivity index (χ2v) is 5.14. The van der Waals surface area contributed by atoms with Crippen molar-refractivity contribution in [3.05, 3.63) is 35.1 Å². The largest absolute Gasteiger partial charge is 0.386 e. The summed E-state index contributed by atoms with van der Waals surface area (Å²) in [7, 11) is 0. The molecule has 3 nitrogen and oxygen atoms in total. The van der Waals surface area contributed by atoms with Crippen LogP contribution in [0.2, 0.25) is 0 Å². The Morgan fingerprint density at radius 1 is 1.56 bits per heavy atom. The highest BCUT2D eigenvalue weighted by atomic mass is 19.1. The number of hydrogen-bond acceptors (Lipinski definition) is 3. The van der Waals surface area contributed by atoms with Crippen LogP contribution in [0.3, 0.4) is 0 Å². The van der Waals surface area contributed by atoms with Crippen molar-refractivity contribution in [2.24, 2.45) is 0 Å².